The maximum atomic E-state index is 4.82. The standard InChI is InChI=1S/C18H25N5/c1-4-23(16-7-5-6-15(2)14-16)18-19-9-8-17(20-18)22-12-10-21(3)11-13-22/h5-9,14H,4,10-13H2,1-3H3. The van der Waals surface area contributed by atoms with Crippen LogP contribution in [0.15, 0.2) is 36.5 Å². The molecule has 0 radical (unpaired) electrons. The summed E-state index contributed by atoms with van der Waals surface area (Å²) in [4.78, 5) is 16.2. The summed E-state index contributed by atoms with van der Waals surface area (Å²) in [6.45, 7) is 9.28. The van der Waals surface area contributed by atoms with Crippen LogP contribution in [0.3, 0.4) is 0 Å². The van der Waals surface area contributed by atoms with Gasteiger partial charge in [-0.3, -0.25) is 0 Å². The van der Waals surface area contributed by atoms with E-state index < -0.39 is 0 Å². The third-order valence-corrected chi connectivity index (χ3v) is 4.33. The lowest BCUT2D eigenvalue weighted by atomic mass is 10.2. The third kappa shape index (κ3) is 3.62. The summed E-state index contributed by atoms with van der Waals surface area (Å²) < 4.78 is 0. The molecule has 1 aromatic carbocycles. The minimum Gasteiger partial charge on any atom is -0.354 e. The van der Waals surface area contributed by atoms with Crippen molar-refractivity contribution in [3.05, 3.63) is 42.1 Å². The maximum Gasteiger partial charge on any atom is 0.231 e. The number of benzene rings is 1. The molecule has 0 unspecified atom stereocenters. The quantitative estimate of drug-likeness (QED) is 0.867. The fourth-order valence-electron chi connectivity index (χ4n) is 2.92. The van der Waals surface area contributed by atoms with Gasteiger partial charge < -0.3 is 14.7 Å². The van der Waals surface area contributed by atoms with E-state index in [1.165, 1.54) is 5.56 Å². The molecule has 0 N–H and O–H groups in total. The minimum atomic E-state index is 0.773. The van der Waals surface area contributed by atoms with Gasteiger partial charge in [-0.15, -0.1) is 0 Å². The normalized spacial score (nSPS) is 15.7. The molecule has 1 aromatic heterocycles. The Kier molecular flexibility index (Phi) is 4.76. The molecule has 0 atom stereocenters. The Morgan fingerprint density at radius 2 is 1.91 bits per heavy atom. The van der Waals surface area contributed by atoms with Gasteiger partial charge in [-0.1, -0.05) is 12.1 Å². The molecule has 5 nitrogen and oxygen atoms in total. The summed E-state index contributed by atoms with van der Waals surface area (Å²) >= 11 is 0. The minimum absolute atomic E-state index is 0.773. The van der Waals surface area contributed by atoms with Gasteiger partial charge in [0.05, 0.1) is 0 Å². The van der Waals surface area contributed by atoms with Gasteiger partial charge in [-0.2, -0.15) is 4.98 Å². The third-order valence-electron chi connectivity index (χ3n) is 4.33. The second-order valence-electron chi connectivity index (χ2n) is 6.09. The molecule has 1 fully saturated rings. The van der Waals surface area contributed by atoms with Crippen molar-refractivity contribution in [2.24, 2.45) is 0 Å². The number of hydrogen-bond acceptors (Lipinski definition) is 5. The van der Waals surface area contributed by atoms with Crippen LogP contribution >= 0.6 is 0 Å². The Morgan fingerprint density at radius 1 is 1.13 bits per heavy atom. The van der Waals surface area contributed by atoms with Crippen LogP contribution in [-0.4, -0.2) is 54.6 Å². The number of anilines is 3. The average molecular weight is 311 g/mol. The van der Waals surface area contributed by atoms with Gasteiger partial charge in [0.15, 0.2) is 0 Å². The smallest absolute Gasteiger partial charge is 0.231 e. The number of aromatic nitrogens is 2. The summed E-state index contributed by atoms with van der Waals surface area (Å²) in [5.41, 5.74) is 2.39. The van der Waals surface area contributed by atoms with Crippen molar-refractivity contribution in [1.29, 1.82) is 0 Å². The number of hydrogen-bond donors (Lipinski definition) is 0. The molecule has 1 aliphatic rings. The number of aryl methyl sites for hydroxylation is 1. The Balaban J connectivity index is 1.85. The highest BCUT2D eigenvalue weighted by molar-refractivity contribution is 5.59. The van der Waals surface area contributed by atoms with Crippen molar-refractivity contribution in [3.63, 3.8) is 0 Å². The Bertz CT molecular complexity index is 649. The molecular formula is C18H25N5. The van der Waals surface area contributed by atoms with Gasteiger partial charge in [0.1, 0.15) is 5.82 Å². The molecule has 1 saturated heterocycles. The zero-order valence-corrected chi connectivity index (χ0v) is 14.2. The fourth-order valence-corrected chi connectivity index (χ4v) is 2.92. The van der Waals surface area contributed by atoms with Crippen LogP contribution < -0.4 is 9.80 Å². The molecule has 0 amide bonds. The molecule has 0 aliphatic carbocycles. The molecule has 0 saturated carbocycles. The van der Waals surface area contributed by atoms with Crippen molar-refractivity contribution in [2.45, 2.75) is 13.8 Å². The van der Waals surface area contributed by atoms with E-state index in [9.17, 15) is 0 Å². The van der Waals surface area contributed by atoms with Gasteiger partial charge in [0.2, 0.25) is 5.95 Å². The first-order chi connectivity index (χ1) is 11.2. The first kappa shape index (κ1) is 15.7. The van der Waals surface area contributed by atoms with E-state index in [2.05, 4.69) is 64.8 Å². The molecule has 1 aliphatic heterocycles. The number of nitrogens with zero attached hydrogens (tertiary/aromatic N) is 5. The van der Waals surface area contributed by atoms with E-state index in [1.54, 1.807) is 0 Å². The van der Waals surface area contributed by atoms with E-state index in [1.807, 2.05) is 12.3 Å². The molecule has 2 aromatic rings. The summed E-state index contributed by atoms with van der Waals surface area (Å²) in [6.07, 6.45) is 1.87. The summed E-state index contributed by atoms with van der Waals surface area (Å²) in [5.74, 6) is 1.80. The predicted molar refractivity (Wildman–Crippen MR) is 95.6 cm³/mol. The van der Waals surface area contributed by atoms with Crippen LogP contribution in [0.2, 0.25) is 0 Å². The Hall–Kier alpha value is -2.14. The lowest BCUT2D eigenvalue weighted by Crippen LogP contribution is -2.44. The van der Waals surface area contributed by atoms with Crippen LogP contribution in [0, 0.1) is 6.92 Å². The van der Waals surface area contributed by atoms with Gasteiger partial charge in [0, 0.05) is 44.6 Å². The number of piperazine rings is 1. The first-order valence-electron chi connectivity index (χ1n) is 8.28. The van der Waals surface area contributed by atoms with Gasteiger partial charge in [-0.05, 0) is 44.7 Å². The zero-order valence-electron chi connectivity index (χ0n) is 14.2. The summed E-state index contributed by atoms with van der Waals surface area (Å²) in [6, 6.07) is 10.5. The van der Waals surface area contributed by atoms with E-state index in [-0.39, 0.29) is 0 Å². The molecule has 5 heteroatoms. The summed E-state index contributed by atoms with van der Waals surface area (Å²) in [5, 5.41) is 0. The molecule has 122 valence electrons. The Morgan fingerprint density at radius 3 is 2.61 bits per heavy atom. The number of rotatable bonds is 4. The predicted octanol–water partition coefficient (Wildman–Crippen LogP) is 2.69. The lowest BCUT2D eigenvalue weighted by molar-refractivity contribution is 0.312. The SMILES string of the molecule is CCN(c1cccc(C)c1)c1nccc(N2CCN(C)CC2)n1. The molecular weight excluding hydrogens is 286 g/mol. The van der Waals surface area contributed by atoms with Crippen LogP contribution in [0.25, 0.3) is 0 Å². The van der Waals surface area contributed by atoms with E-state index in [0.29, 0.717) is 0 Å². The van der Waals surface area contributed by atoms with E-state index in [4.69, 9.17) is 4.98 Å². The second-order valence-corrected chi connectivity index (χ2v) is 6.09. The summed E-state index contributed by atoms with van der Waals surface area (Å²) in [7, 11) is 2.17. The zero-order chi connectivity index (χ0) is 16.2. The number of likely N-dealkylation sites (N-methyl/N-ethyl adjacent to an activating group) is 1. The molecule has 2 heterocycles. The van der Waals surface area contributed by atoms with Crippen LogP contribution in [0.1, 0.15) is 12.5 Å². The van der Waals surface area contributed by atoms with Gasteiger partial charge in [0.25, 0.3) is 0 Å². The average Bonchev–Trinajstić information content (AvgIpc) is 2.57. The lowest BCUT2D eigenvalue weighted by Gasteiger charge is -2.33. The van der Waals surface area contributed by atoms with E-state index in [0.717, 1.165) is 50.2 Å². The van der Waals surface area contributed by atoms with Crippen molar-refractivity contribution >= 4 is 17.5 Å². The van der Waals surface area contributed by atoms with E-state index >= 15 is 0 Å². The molecule has 0 spiro atoms. The Labute approximate surface area is 138 Å². The highest BCUT2D eigenvalue weighted by atomic mass is 15.3. The maximum absolute atomic E-state index is 4.82. The van der Waals surface area contributed by atoms with Crippen LogP contribution in [-0.2, 0) is 0 Å². The highest BCUT2D eigenvalue weighted by Gasteiger charge is 2.17. The second kappa shape index (κ2) is 6.96. The van der Waals surface area contributed by atoms with Gasteiger partial charge in [-0.25, -0.2) is 4.98 Å². The first-order valence-corrected chi connectivity index (χ1v) is 8.28. The van der Waals surface area contributed by atoms with Crippen molar-refractivity contribution < 1.29 is 0 Å². The molecule has 0 bridgehead atoms. The topological polar surface area (TPSA) is 35.5 Å². The van der Waals surface area contributed by atoms with Crippen molar-refractivity contribution in [3.8, 4) is 0 Å². The van der Waals surface area contributed by atoms with Crippen LogP contribution in [0.4, 0.5) is 17.5 Å². The molecule has 23 heavy (non-hydrogen) atoms. The van der Waals surface area contributed by atoms with Crippen molar-refractivity contribution in [1.82, 2.24) is 14.9 Å². The van der Waals surface area contributed by atoms with Crippen molar-refractivity contribution in [2.75, 3.05) is 49.6 Å². The van der Waals surface area contributed by atoms with Crippen LogP contribution in [0.5, 0.6) is 0 Å². The van der Waals surface area contributed by atoms with Gasteiger partial charge >= 0.3 is 0 Å². The fraction of sp³-hybridized carbons (Fsp3) is 0.444. The molecule has 3 rings (SSSR count). The highest BCUT2D eigenvalue weighted by Crippen LogP contribution is 2.24. The monoisotopic (exact) mass is 311 g/mol. The largest absolute Gasteiger partial charge is 0.354 e.